The molecule has 1 aliphatic rings. The molecular formula is C16H24N2. The summed E-state index contributed by atoms with van der Waals surface area (Å²) in [5.74, 6) is 0.719. The Morgan fingerprint density at radius 1 is 1.28 bits per heavy atom. The van der Waals surface area contributed by atoms with Crippen LogP contribution in [-0.4, -0.2) is 31.1 Å². The quantitative estimate of drug-likeness (QED) is 0.863. The molecule has 1 aromatic rings. The molecule has 1 saturated heterocycles. The number of likely N-dealkylation sites (tertiary alicyclic amines) is 1. The Balaban J connectivity index is 1.70. The molecule has 1 fully saturated rings. The number of piperidine rings is 1. The zero-order valence-corrected chi connectivity index (χ0v) is 11.1. The molecule has 1 unspecified atom stereocenters. The third kappa shape index (κ3) is 4.28. The van der Waals surface area contributed by atoms with Gasteiger partial charge >= 0.3 is 0 Å². The van der Waals surface area contributed by atoms with Crippen molar-refractivity contribution in [3.05, 3.63) is 42.0 Å². The van der Waals surface area contributed by atoms with Crippen molar-refractivity contribution in [3.8, 4) is 0 Å². The maximum absolute atomic E-state index is 5.76. The Morgan fingerprint density at radius 3 is 2.89 bits per heavy atom. The van der Waals surface area contributed by atoms with Crippen LogP contribution < -0.4 is 5.73 Å². The first-order chi connectivity index (χ1) is 8.88. The first-order valence-electron chi connectivity index (χ1n) is 7.02. The highest BCUT2D eigenvalue weighted by Gasteiger charge is 2.17. The summed E-state index contributed by atoms with van der Waals surface area (Å²) in [6.07, 6.45) is 8.25. The van der Waals surface area contributed by atoms with Gasteiger partial charge in [0.1, 0.15) is 0 Å². The Hall–Kier alpha value is -1.12. The number of hydrogen-bond donors (Lipinski definition) is 1. The van der Waals surface area contributed by atoms with Gasteiger partial charge in [0.15, 0.2) is 0 Å². The van der Waals surface area contributed by atoms with Crippen LogP contribution in [0.4, 0.5) is 0 Å². The van der Waals surface area contributed by atoms with Gasteiger partial charge in [0, 0.05) is 13.1 Å². The van der Waals surface area contributed by atoms with Gasteiger partial charge in [0.25, 0.3) is 0 Å². The SMILES string of the molecule is NCC1CCCN(CC/C=C/c2ccccc2)C1. The second-order valence-corrected chi connectivity index (χ2v) is 5.15. The van der Waals surface area contributed by atoms with Crippen LogP contribution in [0.5, 0.6) is 0 Å². The zero-order chi connectivity index (χ0) is 12.6. The number of rotatable bonds is 5. The molecule has 18 heavy (non-hydrogen) atoms. The van der Waals surface area contributed by atoms with Crippen molar-refractivity contribution in [1.29, 1.82) is 0 Å². The van der Waals surface area contributed by atoms with Gasteiger partial charge in [-0.05, 0) is 43.8 Å². The van der Waals surface area contributed by atoms with Crippen LogP contribution in [0.1, 0.15) is 24.8 Å². The largest absolute Gasteiger partial charge is 0.330 e. The van der Waals surface area contributed by atoms with Crippen LogP contribution in [0.15, 0.2) is 36.4 Å². The average Bonchev–Trinajstić information content (AvgIpc) is 2.45. The van der Waals surface area contributed by atoms with Crippen molar-refractivity contribution in [2.75, 3.05) is 26.2 Å². The number of nitrogens with two attached hydrogens (primary N) is 1. The van der Waals surface area contributed by atoms with Crippen molar-refractivity contribution >= 4 is 6.08 Å². The van der Waals surface area contributed by atoms with E-state index in [1.807, 2.05) is 0 Å². The van der Waals surface area contributed by atoms with Crippen LogP contribution >= 0.6 is 0 Å². The molecule has 98 valence electrons. The lowest BCUT2D eigenvalue weighted by Gasteiger charge is -2.31. The van der Waals surface area contributed by atoms with Crippen molar-refractivity contribution in [2.24, 2.45) is 11.7 Å². The molecule has 2 rings (SSSR count). The standard InChI is InChI=1S/C16H24N2/c17-13-16-10-6-12-18(14-16)11-5-4-9-15-7-2-1-3-8-15/h1-4,7-9,16H,5-6,10-14,17H2/b9-4+. The number of benzene rings is 1. The van der Waals surface area contributed by atoms with E-state index in [1.54, 1.807) is 0 Å². The molecular weight excluding hydrogens is 220 g/mol. The van der Waals surface area contributed by atoms with E-state index < -0.39 is 0 Å². The first-order valence-corrected chi connectivity index (χ1v) is 7.02. The lowest BCUT2D eigenvalue weighted by atomic mass is 9.98. The minimum Gasteiger partial charge on any atom is -0.330 e. The fourth-order valence-corrected chi connectivity index (χ4v) is 2.59. The van der Waals surface area contributed by atoms with Gasteiger partial charge in [-0.25, -0.2) is 0 Å². The van der Waals surface area contributed by atoms with Crippen LogP contribution in [-0.2, 0) is 0 Å². The monoisotopic (exact) mass is 244 g/mol. The van der Waals surface area contributed by atoms with Gasteiger partial charge in [-0.2, -0.15) is 0 Å². The molecule has 2 heteroatoms. The third-order valence-corrected chi connectivity index (χ3v) is 3.66. The van der Waals surface area contributed by atoms with Gasteiger partial charge in [0.2, 0.25) is 0 Å². The molecule has 1 atom stereocenters. The van der Waals surface area contributed by atoms with E-state index in [2.05, 4.69) is 47.4 Å². The summed E-state index contributed by atoms with van der Waals surface area (Å²) in [6.45, 7) is 4.45. The van der Waals surface area contributed by atoms with Gasteiger partial charge in [-0.15, -0.1) is 0 Å². The fraction of sp³-hybridized carbons (Fsp3) is 0.500. The maximum Gasteiger partial charge on any atom is 0.00218 e. The highest BCUT2D eigenvalue weighted by atomic mass is 15.1. The highest BCUT2D eigenvalue weighted by molar-refractivity contribution is 5.48. The minimum absolute atomic E-state index is 0.719. The van der Waals surface area contributed by atoms with Crippen molar-refractivity contribution in [3.63, 3.8) is 0 Å². The van der Waals surface area contributed by atoms with E-state index in [4.69, 9.17) is 5.73 Å². The summed E-state index contributed by atoms with van der Waals surface area (Å²) in [4.78, 5) is 2.55. The Kier molecular flexibility index (Phi) is 5.43. The smallest absolute Gasteiger partial charge is 0.00218 e. The van der Waals surface area contributed by atoms with Gasteiger partial charge in [-0.3, -0.25) is 0 Å². The molecule has 0 amide bonds. The second-order valence-electron chi connectivity index (χ2n) is 5.15. The fourth-order valence-electron chi connectivity index (χ4n) is 2.59. The van der Waals surface area contributed by atoms with Crippen LogP contribution in [0.2, 0.25) is 0 Å². The van der Waals surface area contributed by atoms with Gasteiger partial charge in [-0.1, -0.05) is 42.5 Å². The zero-order valence-electron chi connectivity index (χ0n) is 11.1. The molecule has 1 aromatic carbocycles. The summed E-state index contributed by atoms with van der Waals surface area (Å²) >= 11 is 0. The summed E-state index contributed by atoms with van der Waals surface area (Å²) in [5.41, 5.74) is 7.04. The van der Waals surface area contributed by atoms with E-state index in [-0.39, 0.29) is 0 Å². The predicted molar refractivity (Wildman–Crippen MR) is 78.3 cm³/mol. The molecule has 0 radical (unpaired) electrons. The van der Waals surface area contributed by atoms with Crippen molar-refractivity contribution in [2.45, 2.75) is 19.3 Å². The summed E-state index contributed by atoms with van der Waals surface area (Å²) in [7, 11) is 0. The van der Waals surface area contributed by atoms with Gasteiger partial charge in [0.05, 0.1) is 0 Å². The first kappa shape index (κ1) is 13.3. The van der Waals surface area contributed by atoms with E-state index in [0.717, 1.165) is 18.9 Å². The topological polar surface area (TPSA) is 29.3 Å². The minimum atomic E-state index is 0.719. The molecule has 0 spiro atoms. The molecule has 2 nitrogen and oxygen atoms in total. The molecule has 0 aromatic heterocycles. The van der Waals surface area contributed by atoms with Crippen molar-refractivity contribution in [1.82, 2.24) is 4.90 Å². The Bertz CT molecular complexity index is 359. The van der Waals surface area contributed by atoms with Crippen LogP contribution in [0, 0.1) is 5.92 Å². The molecule has 0 saturated carbocycles. The summed E-state index contributed by atoms with van der Waals surface area (Å²) in [5, 5.41) is 0. The lowest BCUT2D eigenvalue weighted by Crippen LogP contribution is -2.38. The van der Waals surface area contributed by atoms with Gasteiger partial charge < -0.3 is 10.6 Å². The van der Waals surface area contributed by atoms with E-state index >= 15 is 0 Å². The normalized spacial score (nSPS) is 21.5. The molecule has 0 aliphatic carbocycles. The summed E-state index contributed by atoms with van der Waals surface area (Å²) < 4.78 is 0. The van der Waals surface area contributed by atoms with Crippen LogP contribution in [0.25, 0.3) is 6.08 Å². The van der Waals surface area contributed by atoms with E-state index in [1.165, 1.54) is 38.0 Å². The Labute approximate surface area is 110 Å². The number of nitrogens with zero attached hydrogens (tertiary/aromatic N) is 1. The highest BCUT2D eigenvalue weighted by Crippen LogP contribution is 2.15. The second kappa shape index (κ2) is 7.34. The van der Waals surface area contributed by atoms with Crippen molar-refractivity contribution < 1.29 is 0 Å². The molecule has 2 N–H and O–H groups in total. The predicted octanol–water partition coefficient (Wildman–Crippen LogP) is 2.76. The molecule has 0 bridgehead atoms. The Morgan fingerprint density at radius 2 is 2.11 bits per heavy atom. The third-order valence-electron chi connectivity index (χ3n) is 3.66. The molecule has 1 aliphatic heterocycles. The number of hydrogen-bond acceptors (Lipinski definition) is 2. The maximum atomic E-state index is 5.76. The molecule has 1 heterocycles. The van der Waals surface area contributed by atoms with E-state index in [9.17, 15) is 0 Å². The summed E-state index contributed by atoms with van der Waals surface area (Å²) in [6, 6.07) is 10.5. The lowest BCUT2D eigenvalue weighted by molar-refractivity contribution is 0.181. The average molecular weight is 244 g/mol. The van der Waals surface area contributed by atoms with E-state index in [0.29, 0.717) is 0 Å². The van der Waals surface area contributed by atoms with Crippen LogP contribution in [0.3, 0.4) is 0 Å².